The minimum absolute atomic E-state index is 0.727. The number of unbranched alkanes of at least 4 members (excludes halogenated alkanes) is 2. The minimum Gasteiger partial charge on any atom is -0.624 e. The maximum absolute atomic E-state index is 10.3. The second kappa shape index (κ2) is 5.70. The molecule has 4 heteroatoms. The predicted molar refractivity (Wildman–Crippen MR) is 45.1 cm³/mol. The largest absolute Gasteiger partial charge is 0.624 e. The van der Waals surface area contributed by atoms with Crippen LogP contribution in [0.4, 0.5) is 0 Å². The number of nitrogens with zero attached hydrogens (tertiary/aromatic N) is 2. The van der Waals surface area contributed by atoms with E-state index in [-0.39, 0.29) is 0 Å². The molecule has 0 aromatic carbocycles. The van der Waals surface area contributed by atoms with Gasteiger partial charge in [0.05, 0.1) is 0 Å². The molecule has 0 aliphatic carbocycles. The lowest BCUT2D eigenvalue weighted by atomic mass is 10.3. The van der Waals surface area contributed by atoms with Crippen molar-refractivity contribution in [3.8, 4) is 0 Å². The molecule has 0 N–H and O–H groups in total. The Labute approximate surface area is 66.6 Å². The van der Waals surface area contributed by atoms with Crippen molar-refractivity contribution in [1.82, 2.24) is 0 Å². The van der Waals surface area contributed by atoms with Gasteiger partial charge < -0.3 is 10.4 Å². The summed E-state index contributed by atoms with van der Waals surface area (Å²) in [5, 5.41) is 20.6. The van der Waals surface area contributed by atoms with E-state index >= 15 is 0 Å². The van der Waals surface area contributed by atoms with Gasteiger partial charge in [-0.05, 0) is 6.42 Å². The van der Waals surface area contributed by atoms with Gasteiger partial charge in [-0.1, -0.05) is 0 Å². The molecule has 0 aromatic heterocycles. The summed E-state index contributed by atoms with van der Waals surface area (Å²) in [5.74, 6) is 0. The van der Waals surface area contributed by atoms with Crippen LogP contribution in [0, 0.1) is 10.4 Å². The molecule has 0 spiro atoms. The Morgan fingerprint density at radius 1 is 1.00 bits per heavy atom. The van der Waals surface area contributed by atoms with E-state index in [9.17, 15) is 10.4 Å². The van der Waals surface area contributed by atoms with E-state index in [1.807, 2.05) is 0 Å². The molecule has 0 atom stereocenters. The first-order valence-electron chi connectivity index (χ1n) is 3.59. The quantitative estimate of drug-likeness (QED) is 0.197. The fourth-order valence-corrected chi connectivity index (χ4v) is 0.664. The third-order valence-electron chi connectivity index (χ3n) is 1.18. The molecule has 0 rings (SSSR count). The number of hydrogen-bond acceptors (Lipinski definition) is 2. The first kappa shape index (κ1) is 9.94. The monoisotopic (exact) mass is 158 g/mol. The van der Waals surface area contributed by atoms with Crippen molar-refractivity contribution in [2.45, 2.75) is 19.3 Å². The van der Waals surface area contributed by atoms with Crippen molar-refractivity contribution in [2.24, 2.45) is 0 Å². The van der Waals surface area contributed by atoms with E-state index in [4.69, 9.17) is 0 Å². The van der Waals surface area contributed by atoms with Crippen LogP contribution in [0.3, 0.4) is 0 Å². The summed E-state index contributed by atoms with van der Waals surface area (Å²) < 4.78 is 1.56. The normalized spacial score (nSPS) is 13.6. The fourth-order valence-electron chi connectivity index (χ4n) is 0.664. The molecule has 0 aromatic rings. The van der Waals surface area contributed by atoms with Gasteiger partial charge in [0.15, 0.2) is 12.4 Å². The molecule has 0 fully saturated rings. The van der Waals surface area contributed by atoms with Gasteiger partial charge in [0, 0.05) is 12.8 Å². The smallest absolute Gasteiger partial charge is 0.150 e. The molecule has 11 heavy (non-hydrogen) atoms. The zero-order valence-electron chi connectivity index (χ0n) is 6.99. The Kier molecular flexibility index (Phi) is 5.15. The van der Waals surface area contributed by atoms with E-state index in [2.05, 4.69) is 0 Å². The second-order valence-electron chi connectivity index (χ2n) is 2.39. The van der Waals surface area contributed by atoms with E-state index in [1.165, 1.54) is 14.1 Å². The van der Waals surface area contributed by atoms with Crippen molar-refractivity contribution in [1.29, 1.82) is 0 Å². The third-order valence-corrected chi connectivity index (χ3v) is 1.18. The number of rotatable bonds is 4. The van der Waals surface area contributed by atoms with Gasteiger partial charge >= 0.3 is 0 Å². The summed E-state index contributed by atoms with van der Waals surface area (Å²) in [6.45, 7) is 0. The summed E-state index contributed by atoms with van der Waals surface area (Å²) in [4.78, 5) is 0. The van der Waals surface area contributed by atoms with Crippen molar-refractivity contribution >= 4 is 12.4 Å². The maximum Gasteiger partial charge on any atom is 0.150 e. The molecule has 0 aliphatic rings. The molecule has 64 valence electrons. The molecular formula is C7H14N2O2. The lowest BCUT2D eigenvalue weighted by molar-refractivity contribution is -0.419. The SMILES string of the molecule is C/[N+]([O-])=C/CCC/C=[N+](/C)[O-]. The molecular weight excluding hydrogens is 144 g/mol. The minimum atomic E-state index is 0.727. The Morgan fingerprint density at radius 3 is 1.64 bits per heavy atom. The van der Waals surface area contributed by atoms with E-state index in [0.717, 1.165) is 28.7 Å². The first-order valence-corrected chi connectivity index (χ1v) is 3.59. The van der Waals surface area contributed by atoms with Crippen molar-refractivity contribution in [3.63, 3.8) is 0 Å². The summed E-state index contributed by atoms with van der Waals surface area (Å²) >= 11 is 0. The van der Waals surface area contributed by atoms with Crippen LogP contribution in [-0.2, 0) is 0 Å². The Hall–Kier alpha value is -1.06. The zero-order chi connectivity index (χ0) is 8.69. The fraction of sp³-hybridized carbons (Fsp3) is 0.714. The van der Waals surface area contributed by atoms with E-state index < -0.39 is 0 Å². The molecule has 0 heterocycles. The molecule has 0 amide bonds. The van der Waals surface area contributed by atoms with Gasteiger partial charge in [-0.2, -0.15) is 0 Å². The lowest BCUT2D eigenvalue weighted by Gasteiger charge is -1.94. The molecule has 0 bridgehead atoms. The van der Waals surface area contributed by atoms with Gasteiger partial charge in [0.2, 0.25) is 0 Å². The van der Waals surface area contributed by atoms with E-state index in [0.29, 0.717) is 0 Å². The van der Waals surface area contributed by atoms with Gasteiger partial charge in [-0.3, -0.25) is 0 Å². The molecule has 0 aliphatic heterocycles. The highest BCUT2D eigenvalue weighted by molar-refractivity contribution is 5.54. The summed E-state index contributed by atoms with van der Waals surface area (Å²) in [6.07, 6.45) is 5.41. The van der Waals surface area contributed by atoms with Crippen LogP contribution in [0.2, 0.25) is 0 Å². The van der Waals surface area contributed by atoms with Gasteiger partial charge in [-0.25, -0.2) is 9.48 Å². The molecule has 4 nitrogen and oxygen atoms in total. The van der Waals surface area contributed by atoms with Crippen molar-refractivity contribution < 1.29 is 9.48 Å². The summed E-state index contributed by atoms with van der Waals surface area (Å²) in [6, 6.07) is 0. The van der Waals surface area contributed by atoms with Crippen LogP contribution >= 0.6 is 0 Å². The van der Waals surface area contributed by atoms with Crippen molar-refractivity contribution in [2.75, 3.05) is 14.1 Å². The van der Waals surface area contributed by atoms with Crippen LogP contribution in [-0.4, -0.2) is 36.0 Å². The first-order chi connectivity index (χ1) is 5.13. The summed E-state index contributed by atoms with van der Waals surface area (Å²) in [5.41, 5.74) is 0. The molecule has 0 saturated heterocycles. The average molecular weight is 158 g/mol. The lowest BCUT2D eigenvalue weighted by Crippen LogP contribution is -1.98. The van der Waals surface area contributed by atoms with Gasteiger partial charge in [0.25, 0.3) is 0 Å². The van der Waals surface area contributed by atoms with Crippen molar-refractivity contribution in [3.05, 3.63) is 10.4 Å². The molecule has 0 radical (unpaired) electrons. The third kappa shape index (κ3) is 8.94. The maximum atomic E-state index is 10.3. The Morgan fingerprint density at radius 2 is 1.36 bits per heavy atom. The molecule has 0 saturated carbocycles. The molecule has 0 unspecified atom stereocenters. The van der Waals surface area contributed by atoms with Crippen LogP contribution in [0.1, 0.15) is 19.3 Å². The average Bonchev–Trinajstić information content (AvgIpc) is 1.85. The number of hydrogen-bond donors (Lipinski definition) is 0. The highest BCUT2D eigenvalue weighted by atomic mass is 16.5. The Bertz CT molecular complexity index is 138. The number of hydroxylamine groups is 2. The van der Waals surface area contributed by atoms with Crippen LogP contribution in [0.5, 0.6) is 0 Å². The van der Waals surface area contributed by atoms with Crippen LogP contribution in [0.15, 0.2) is 0 Å². The standard InChI is InChI=1S/C7H14N2O2/c1-8(10)6-4-3-5-7-9(2)11/h6-7H,3-5H2,1-2H3/b8-6-,9-7-. The highest BCUT2D eigenvalue weighted by Crippen LogP contribution is 1.88. The van der Waals surface area contributed by atoms with Crippen LogP contribution in [0.25, 0.3) is 0 Å². The second-order valence-corrected chi connectivity index (χ2v) is 2.39. The zero-order valence-corrected chi connectivity index (χ0v) is 6.99. The highest BCUT2D eigenvalue weighted by Gasteiger charge is 1.87. The van der Waals surface area contributed by atoms with E-state index in [1.54, 1.807) is 12.4 Å². The topological polar surface area (TPSA) is 52.1 Å². The predicted octanol–water partition coefficient (Wildman–Crippen LogP) is 0.579. The van der Waals surface area contributed by atoms with Gasteiger partial charge in [-0.15, -0.1) is 0 Å². The summed E-state index contributed by atoms with van der Waals surface area (Å²) in [7, 11) is 2.90. The Balaban J connectivity index is 3.29. The van der Waals surface area contributed by atoms with Gasteiger partial charge in [0.1, 0.15) is 14.1 Å². The van der Waals surface area contributed by atoms with Crippen LogP contribution < -0.4 is 0 Å².